The number of anilines is 1. The van der Waals surface area contributed by atoms with E-state index in [4.69, 9.17) is 0 Å². The molecule has 1 aliphatic heterocycles. The van der Waals surface area contributed by atoms with Gasteiger partial charge < -0.3 is 5.32 Å². The molecule has 0 aromatic carbocycles. The Morgan fingerprint density at radius 1 is 1.17 bits per heavy atom. The number of nitrogens with one attached hydrogen (secondary N) is 1. The van der Waals surface area contributed by atoms with Gasteiger partial charge in [0, 0.05) is 6.04 Å². The number of halogens is 2. The van der Waals surface area contributed by atoms with Crippen LogP contribution in [0.15, 0.2) is 6.20 Å². The third-order valence-electron chi connectivity index (χ3n) is 7.13. The second kappa shape index (κ2) is 4.93. The van der Waals surface area contributed by atoms with Crippen LogP contribution in [0.25, 0.3) is 0 Å². The molecular weight excluding hydrogens is 310 g/mol. The van der Waals surface area contributed by atoms with E-state index in [2.05, 4.69) is 16.5 Å². The Hall–Kier alpha value is -1.64. The number of fused-ring (bicyclic) bond motifs is 1. The lowest BCUT2D eigenvalue weighted by Crippen LogP contribution is -2.56. The van der Waals surface area contributed by atoms with E-state index in [0.29, 0.717) is 17.8 Å². The van der Waals surface area contributed by atoms with Crippen LogP contribution in [0.5, 0.6) is 0 Å². The maximum atomic E-state index is 13.7. The first-order valence-corrected chi connectivity index (χ1v) is 9.10. The molecular formula is C18H22F2N4. The molecule has 0 saturated heterocycles. The van der Waals surface area contributed by atoms with E-state index >= 15 is 0 Å². The smallest absolute Gasteiger partial charge is 0.260 e. The number of hydrogen-bond donors (Lipinski definition) is 1. The van der Waals surface area contributed by atoms with Crippen LogP contribution in [-0.2, 0) is 0 Å². The van der Waals surface area contributed by atoms with E-state index < -0.39 is 12.5 Å². The fraction of sp³-hybridized carbons (Fsp3) is 0.778. The molecule has 1 aromatic rings. The van der Waals surface area contributed by atoms with Gasteiger partial charge in [0.2, 0.25) is 0 Å². The maximum absolute atomic E-state index is 13.7. The standard InChI is InChI=1S/C18H22F2N4/c19-16(20)14-4-15(23-17-13(8-21)9-22-24(14)17)18-5-10-1-11(6-18)3-12(2-10)7-18/h9-12,14-16,23H,1-7H2/t10?,11?,12?,14-,15-,18?/m0/s1. The Morgan fingerprint density at radius 2 is 1.79 bits per heavy atom. The molecule has 0 radical (unpaired) electrons. The van der Waals surface area contributed by atoms with Gasteiger partial charge in [0.05, 0.1) is 6.20 Å². The minimum Gasteiger partial charge on any atom is -0.366 e. The monoisotopic (exact) mass is 332 g/mol. The van der Waals surface area contributed by atoms with Crippen molar-refractivity contribution < 1.29 is 8.78 Å². The molecule has 24 heavy (non-hydrogen) atoms. The summed E-state index contributed by atoms with van der Waals surface area (Å²) in [5, 5.41) is 16.8. The number of hydrogen-bond acceptors (Lipinski definition) is 3. The molecule has 4 fully saturated rings. The average Bonchev–Trinajstić information content (AvgIpc) is 2.95. The predicted molar refractivity (Wildman–Crippen MR) is 84.6 cm³/mol. The van der Waals surface area contributed by atoms with Gasteiger partial charge >= 0.3 is 0 Å². The quantitative estimate of drug-likeness (QED) is 0.892. The van der Waals surface area contributed by atoms with Crippen molar-refractivity contribution in [1.29, 1.82) is 5.26 Å². The second-order valence-corrected chi connectivity index (χ2v) is 8.58. The van der Waals surface area contributed by atoms with Crippen molar-refractivity contribution in [2.75, 3.05) is 5.32 Å². The second-order valence-electron chi connectivity index (χ2n) is 8.58. The van der Waals surface area contributed by atoms with E-state index in [-0.39, 0.29) is 11.5 Å². The van der Waals surface area contributed by atoms with Gasteiger partial charge in [-0.1, -0.05) is 0 Å². The summed E-state index contributed by atoms with van der Waals surface area (Å²) in [7, 11) is 0. The van der Waals surface area contributed by atoms with Crippen LogP contribution >= 0.6 is 0 Å². The van der Waals surface area contributed by atoms with E-state index in [1.54, 1.807) is 0 Å². The normalized spacial score (nSPS) is 42.7. The third-order valence-corrected chi connectivity index (χ3v) is 7.13. The molecule has 1 aromatic heterocycles. The van der Waals surface area contributed by atoms with Gasteiger partial charge in [0.15, 0.2) is 0 Å². The summed E-state index contributed by atoms with van der Waals surface area (Å²) in [5.74, 6) is 2.86. The van der Waals surface area contributed by atoms with Crippen molar-refractivity contribution >= 4 is 5.82 Å². The highest BCUT2D eigenvalue weighted by Crippen LogP contribution is 2.62. The molecule has 1 N–H and O–H groups in total. The van der Waals surface area contributed by atoms with Crippen molar-refractivity contribution in [3.05, 3.63) is 11.8 Å². The molecule has 4 aliphatic carbocycles. The molecule has 0 amide bonds. The van der Waals surface area contributed by atoms with E-state index in [1.165, 1.54) is 49.4 Å². The SMILES string of the molecule is N#Cc1cnn2c1N[C@H](C13CC4CC(CC(C4)C1)C3)C[C@H]2C(F)F. The predicted octanol–water partition coefficient (Wildman–Crippen LogP) is 3.96. The fourth-order valence-corrected chi connectivity index (χ4v) is 6.62. The number of alkyl halides is 2. The molecule has 4 nitrogen and oxygen atoms in total. The van der Waals surface area contributed by atoms with Gasteiger partial charge in [0.1, 0.15) is 23.5 Å². The van der Waals surface area contributed by atoms with Crippen LogP contribution in [0.1, 0.15) is 56.6 Å². The Bertz CT molecular complexity index is 669. The highest BCUT2D eigenvalue weighted by Gasteiger charge is 2.56. The first kappa shape index (κ1) is 14.7. The van der Waals surface area contributed by atoms with Gasteiger partial charge in [-0.05, 0) is 68.1 Å². The summed E-state index contributed by atoms with van der Waals surface area (Å²) < 4.78 is 28.7. The van der Waals surface area contributed by atoms with Crippen molar-refractivity contribution in [3.8, 4) is 6.07 Å². The molecule has 4 bridgehead atoms. The number of rotatable bonds is 2. The van der Waals surface area contributed by atoms with Crippen LogP contribution < -0.4 is 5.32 Å². The molecule has 2 atom stereocenters. The first-order valence-electron chi connectivity index (χ1n) is 9.10. The van der Waals surface area contributed by atoms with Crippen LogP contribution in [0.4, 0.5) is 14.6 Å². The molecule has 0 spiro atoms. The lowest BCUT2D eigenvalue weighted by Gasteiger charge is -2.60. The van der Waals surface area contributed by atoms with Crippen LogP contribution in [0.2, 0.25) is 0 Å². The van der Waals surface area contributed by atoms with Crippen molar-refractivity contribution in [2.45, 2.75) is 63.5 Å². The van der Waals surface area contributed by atoms with E-state index in [9.17, 15) is 14.0 Å². The summed E-state index contributed by atoms with van der Waals surface area (Å²) in [4.78, 5) is 0. The van der Waals surface area contributed by atoms with Gasteiger partial charge in [-0.15, -0.1) is 0 Å². The maximum Gasteiger partial charge on any atom is 0.260 e. The number of aromatic nitrogens is 2. The zero-order chi connectivity index (χ0) is 16.5. The molecule has 0 unspecified atom stereocenters. The minimum atomic E-state index is -2.45. The summed E-state index contributed by atoms with van der Waals surface area (Å²) in [6, 6.07) is 1.23. The molecule has 5 aliphatic rings. The lowest BCUT2D eigenvalue weighted by molar-refractivity contribution is -0.0723. The highest BCUT2D eigenvalue weighted by molar-refractivity contribution is 5.54. The third kappa shape index (κ3) is 1.96. The molecule has 128 valence electrons. The zero-order valence-electron chi connectivity index (χ0n) is 13.6. The molecule has 4 saturated carbocycles. The Kier molecular flexibility index (Phi) is 3.02. The van der Waals surface area contributed by atoms with E-state index in [0.717, 1.165) is 17.8 Å². The Morgan fingerprint density at radius 3 is 2.33 bits per heavy atom. The fourth-order valence-electron chi connectivity index (χ4n) is 6.62. The minimum absolute atomic E-state index is 0.0428. The van der Waals surface area contributed by atoms with E-state index in [1.807, 2.05) is 0 Å². The molecule has 6 heteroatoms. The Balaban J connectivity index is 1.52. The van der Waals surface area contributed by atoms with Crippen LogP contribution in [0, 0.1) is 34.5 Å². The Labute approximate surface area is 140 Å². The van der Waals surface area contributed by atoms with Crippen molar-refractivity contribution in [2.24, 2.45) is 23.2 Å². The van der Waals surface area contributed by atoms with Gasteiger partial charge in [-0.2, -0.15) is 10.4 Å². The first-order chi connectivity index (χ1) is 11.6. The lowest BCUT2D eigenvalue weighted by atomic mass is 9.47. The topological polar surface area (TPSA) is 53.6 Å². The number of nitrogens with zero attached hydrogens (tertiary/aromatic N) is 3. The summed E-state index contributed by atoms with van der Waals surface area (Å²) in [6.45, 7) is 0. The van der Waals surface area contributed by atoms with Gasteiger partial charge in [-0.25, -0.2) is 13.5 Å². The summed E-state index contributed by atoms with van der Waals surface area (Å²) >= 11 is 0. The largest absolute Gasteiger partial charge is 0.366 e. The van der Waals surface area contributed by atoms with Gasteiger partial charge in [-0.3, -0.25) is 0 Å². The zero-order valence-corrected chi connectivity index (χ0v) is 13.6. The van der Waals surface area contributed by atoms with Crippen LogP contribution in [0.3, 0.4) is 0 Å². The molecule has 2 heterocycles. The van der Waals surface area contributed by atoms with Gasteiger partial charge in [0.25, 0.3) is 6.43 Å². The number of nitriles is 1. The average molecular weight is 332 g/mol. The van der Waals surface area contributed by atoms with Crippen LogP contribution in [-0.4, -0.2) is 22.2 Å². The molecule has 6 rings (SSSR count). The van der Waals surface area contributed by atoms with Crippen molar-refractivity contribution in [1.82, 2.24) is 9.78 Å². The van der Waals surface area contributed by atoms with Crippen molar-refractivity contribution in [3.63, 3.8) is 0 Å². The summed E-state index contributed by atoms with van der Waals surface area (Å²) in [6.07, 6.45) is 6.91. The highest BCUT2D eigenvalue weighted by atomic mass is 19.3. The summed E-state index contributed by atoms with van der Waals surface area (Å²) in [5.41, 5.74) is 0.527.